The van der Waals surface area contributed by atoms with Crippen LogP contribution < -0.4 is 5.73 Å². The normalized spacial score (nSPS) is 12.7. The topological polar surface area (TPSA) is 35.2 Å². The van der Waals surface area contributed by atoms with E-state index in [4.69, 9.17) is 10.5 Å². The molecular weight excluding hydrogens is 254 g/mol. The SMILES string of the molecule is COCCCC(N)Cc1cccc(Br)c1. The van der Waals surface area contributed by atoms with Crippen LogP contribution in [0.15, 0.2) is 28.7 Å². The molecule has 0 aliphatic heterocycles. The average molecular weight is 272 g/mol. The van der Waals surface area contributed by atoms with Gasteiger partial charge in [0.15, 0.2) is 0 Å². The first-order chi connectivity index (χ1) is 7.22. The van der Waals surface area contributed by atoms with Gasteiger partial charge in [-0.3, -0.25) is 0 Å². The van der Waals surface area contributed by atoms with Crippen LogP contribution >= 0.6 is 15.9 Å². The molecule has 0 saturated carbocycles. The highest BCUT2D eigenvalue weighted by atomic mass is 79.9. The van der Waals surface area contributed by atoms with Gasteiger partial charge >= 0.3 is 0 Å². The van der Waals surface area contributed by atoms with Gasteiger partial charge in [-0.1, -0.05) is 28.1 Å². The molecule has 0 aliphatic rings. The quantitative estimate of drug-likeness (QED) is 0.808. The van der Waals surface area contributed by atoms with E-state index >= 15 is 0 Å². The highest BCUT2D eigenvalue weighted by molar-refractivity contribution is 9.10. The standard InChI is InChI=1S/C12H18BrNO/c1-15-7-3-6-12(14)9-10-4-2-5-11(13)8-10/h2,4-5,8,12H,3,6-7,9,14H2,1H3. The monoisotopic (exact) mass is 271 g/mol. The lowest BCUT2D eigenvalue weighted by molar-refractivity contribution is 0.190. The summed E-state index contributed by atoms with van der Waals surface area (Å²) in [6.07, 6.45) is 2.98. The van der Waals surface area contributed by atoms with E-state index in [9.17, 15) is 0 Å². The van der Waals surface area contributed by atoms with E-state index < -0.39 is 0 Å². The molecule has 15 heavy (non-hydrogen) atoms. The summed E-state index contributed by atoms with van der Waals surface area (Å²) in [7, 11) is 1.72. The Bertz CT molecular complexity index is 291. The van der Waals surface area contributed by atoms with Crippen molar-refractivity contribution in [2.75, 3.05) is 13.7 Å². The molecule has 1 aromatic rings. The zero-order valence-electron chi connectivity index (χ0n) is 9.08. The van der Waals surface area contributed by atoms with Gasteiger partial charge in [-0.15, -0.1) is 0 Å². The molecule has 0 radical (unpaired) electrons. The van der Waals surface area contributed by atoms with E-state index in [-0.39, 0.29) is 6.04 Å². The van der Waals surface area contributed by atoms with E-state index in [0.717, 1.165) is 30.3 Å². The van der Waals surface area contributed by atoms with Gasteiger partial charge in [0, 0.05) is 24.2 Å². The summed E-state index contributed by atoms with van der Waals surface area (Å²) >= 11 is 3.46. The molecule has 0 aromatic heterocycles. The zero-order chi connectivity index (χ0) is 11.1. The van der Waals surface area contributed by atoms with Crippen LogP contribution in [-0.4, -0.2) is 19.8 Å². The third kappa shape index (κ3) is 5.30. The minimum absolute atomic E-state index is 0.231. The third-order valence-electron chi connectivity index (χ3n) is 2.31. The van der Waals surface area contributed by atoms with Crippen molar-refractivity contribution in [2.24, 2.45) is 5.73 Å². The van der Waals surface area contributed by atoms with Crippen molar-refractivity contribution in [3.8, 4) is 0 Å². The van der Waals surface area contributed by atoms with Crippen LogP contribution in [0.1, 0.15) is 18.4 Å². The van der Waals surface area contributed by atoms with Gasteiger partial charge in [0.25, 0.3) is 0 Å². The first-order valence-electron chi connectivity index (χ1n) is 5.21. The van der Waals surface area contributed by atoms with E-state index in [0.29, 0.717) is 0 Å². The van der Waals surface area contributed by atoms with Crippen molar-refractivity contribution in [2.45, 2.75) is 25.3 Å². The van der Waals surface area contributed by atoms with Crippen molar-refractivity contribution in [3.05, 3.63) is 34.3 Å². The maximum Gasteiger partial charge on any atom is 0.0462 e. The number of benzene rings is 1. The molecule has 0 fully saturated rings. The Hall–Kier alpha value is -0.380. The van der Waals surface area contributed by atoms with Gasteiger partial charge in [-0.25, -0.2) is 0 Å². The minimum Gasteiger partial charge on any atom is -0.385 e. The molecule has 0 amide bonds. The predicted octanol–water partition coefficient (Wildman–Crippen LogP) is 2.75. The minimum atomic E-state index is 0.231. The van der Waals surface area contributed by atoms with Crippen LogP contribution in [0.4, 0.5) is 0 Å². The molecule has 1 atom stereocenters. The Morgan fingerprint density at radius 2 is 2.27 bits per heavy atom. The van der Waals surface area contributed by atoms with Crippen LogP contribution in [0.3, 0.4) is 0 Å². The third-order valence-corrected chi connectivity index (χ3v) is 2.80. The number of nitrogens with two attached hydrogens (primary N) is 1. The van der Waals surface area contributed by atoms with E-state index in [1.54, 1.807) is 7.11 Å². The van der Waals surface area contributed by atoms with Crippen LogP contribution in [0.2, 0.25) is 0 Å². The second-order valence-corrected chi connectivity index (χ2v) is 4.64. The summed E-state index contributed by atoms with van der Waals surface area (Å²) in [6, 6.07) is 8.53. The number of halogens is 1. The fourth-order valence-electron chi connectivity index (χ4n) is 1.56. The van der Waals surface area contributed by atoms with Crippen molar-refractivity contribution in [3.63, 3.8) is 0 Å². The fourth-order valence-corrected chi connectivity index (χ4v) is 2.01. The molecular formula is C12H18BrNO. The Morgan fingerprint density at radius 3 is 2.93 bits per heavy atom. The Kier molecular flexibility index (Phi) is 5.91. The van der Waals surface area contributed by atoms with Gasteiger partial charge in [-0.2, -0.15) is 0 Å². The molecule has 0 aliphatic carbocycles. The number of hydrogen-bond acceptors (Lipinski definition) is 2. The summed E-state index contributed by atoms with van der Waals surface area (Å²) in [5.74, 6) is 0. The first kappa shape index (κ1) is 12.7. The van der Waals surface area contributed by atoms with Crippen LogP contribution in [0.25, 0.3) is 0 Å². The Labute approximate surface area is 99.9 Å². The molecule has 0 saturated heterocycles. The summed E-state index contributed by atoms with van der Waals surface area (Å²) < 4.78 is 6.11. The lowest BCUT2D eigenvalue weighted by Crippen LogP contribution is -2.23. The fraction of sp³-hybridized carbons (Fsp3) is 0.500. The molecule has 0 heterocycles. The molecule has 1 rings (SSSR count). The summed E-state index contributed by atoms with van der Waals surface area (Å²) in [5.41, 5.74) is 7.31. The Morgan fingerprint density at radius 1 is 1.47 bits per heavy atom. The number of hydrogen-bond donors (Lipinski definition) is 1. The molecule has 1 unspecified atom stereocenters. The summed E-state index contributed by atoms with van der Waals surface area (Å²) in [4.78, 5) is 0. The number of rotatable bonds is 6. The molecule has 3 heteroatoms. The van der Waals surface area contributed by atoms with Gasteiger partial charge in [0.2, 0.25) is 0 Å². The van der Waals surface area contributed by atoms with Gasteiger partial charge < -0.3 is 10.5 Å². The second kappa shape index (κ2) is 6.99. The molecule has 1 aromatic carbocycles. The molecule has 0 bridgehead atoms. The second-order valence-electron chi connectivity index (χ2n) is 3.73. The predicted molar refractivity (Wildman–Crippen MR) is 66.9 cm³/mol. The average Bonchev–Trinajstić information content (AvgIpc) is 2.18. The van der Waals surface area contributed by atoms with Crippen LogP contribution in [-0.2, 0) is 11.2 Å². The van der Waals surface area contributed by atoms with E-state index in [1.165, 1.54) is 5.56 Å². The van der Waals surface area contributed by atoms with E-state index in [2.05, 4.69) is 28.1 Å². The first-order valence-corrected chi connectivity index (χ1v) is 6.00. The molecule has 2 nitrogen and oxygen atoms in total. The molecule has 0 spiro atoms. The maximum absolute atomic E-state index is 6.03. The van der Waals surface area contributed by atoms with Crippen LogP contribution in [0, 0.1) is 0 Å². The summed E-state index contributed by atoms with van der Waals surface area (Å²) in [6.45, 7) is 0.798. The highest BCUT2D eigenvalue weighted by Crippen LogP contribution is 2.13. The molecule has 2 N–H and O–H groups in total. The van der Waals surface area contributed by atoms with Crippen molar-refractivity contribution < 1.29 is 4.74 Å². The van der Waals surface area contributed by atoms with Crippen molar-refractivity contribution in [1.82, 2.24) is 0 Å². The van der Waals surface area contributed by atoms with Gasteiger partial charge in [-0.05, 0) is 37.0 Å². The Balaban J connectivity index is 2.34. The number of methoxy groups -OCH3 is 1. The maximum atomic E-state index is 6.03. The summed E-state index contributed by atoms with van der Waals surface area (Å²) in [5, 5.41) is 0. The largest absolute Gasteiger partial charge is 0.385 e. The van der Waals surface area contributed by atoms with Crippen molar-refractivity contribution in [1.29, 1.82) is 0 Å². The van der Waals surface area contributed by atoms with Crippen molar-refractivity contribution >= 4 is 15.9 Å². The van der Waals surface area contributed by atoms with Gasteiger partial charge in [0.05, 0.1) is 0 Å². The lowest BCUT2D eigenvalue weighted by Gasteiger charge is -2.11. The molecule has 84 valence electrons. The zero-order valence-corrected chi connectivity index (χ0v) is 10.7. The van der Waals surface area contributed by atoms with Gasteiger partial charge in [0.1, 0.15) is 0 Å². The van der Waals surface area contributed by atoms with Crippen LogP contribution in [0.5, 0.6) is 0 Å². The highest BCUT2D eigenvalue weighted by Gasteiger charge is 2.04. The number of ether oxygens (including phenoxy) is 1. The van der Waals surface area contributed by atoms with E-state index in [1.807, 2.05) is 12.1 Å². The lowest BCUT2D eigenvalue weighted by atomic mass is 10.0. The smallest absolute Gasteiger partial charge is 0.0462 e.